The van der Waals surface area contributed by atoms with Crippen molar-refractivity contribution in [1.82, 2.24) is 24.1 Å². The third-order valence-corrected chi connectivity index (χ3v) is 5.58. The van der Waals surface area contributed by atoms with Gasteiger partial charge in [0.25, 0.3) is 0 Å². The molecule has 0 saturated carbocycles. The fraction of sp³-hybridized carbons (Fsp3) is 0.562. The molecule has 1 atom stereocenters. The predicted octanol–water partition coefficient (Wildman–Crippen LogP) is 1.57. The van der Waals surface area contributed by atoms with Gasteiger partial charge in [0, 0.05) is 32.0 Å². The lowest BCUT2D eigenvalue weighted by molar-refractivity contribution is 0.459. The normalized spacial score (nSPS) is 19.0. The van der Waals surface area contributed by atoms with Gasteiger partial charge in [0.2, 0.25) is 10.0 Å². The summed E-state index contributed by atoms with van der Waals surface area (Å²) < 4.78 is 26.7. The smallest absolute Gasteiger partial charge is 0.211 e. The van der Waals surface area contributed by atoms with E-state index < -0.39 is 10.0 Å². The molecule has 1 saturated heterocycles. The summed E-state index contributed by atoms with van der Waals surface area (Å²) in [6.45, 7) is 4.12. The first kappa shape index (κ1) is 17.0. The molecule has 3 rings (SSSR count). The molecule has 0 bridgehead atoms. The van der Waals surface area contributed by atoms with Crippen molar-refractivity contribution in [2.75, 3.05) is 19.3 Å². The molecule has 8 heteroatoms. The third kappa shape index (κ3) is 3.81. The van der Waals surface area contributed by atoms with Gasteiger partial charge in [0.1, 0.15) is 5.69 Å². The average Bonchev–Trinajstić information content (AvgIpc) is 3.17. The number of hydrogen-bond acceptors (Lipinski definition) is 5. The Morgan fingerprint density at radius 1 is 1.33 bits per heavy atom. The zero-order chi connectivity index (χ0) is 17.2. The van der Waals surface area contributed by atoms with E-state index in [1.54, 1.807) is 22.9 Å². The standard InChI is InChI=1S/C16H23N5O2S/c1-3-7-21-16(4-6-18-21)15-11-17-10-14(19-15)9-13-5-8-20(12-13)24(2,22)23/h4,6,10-11,13H,3,5,7-9,12H2,1-2H3/t13-/m0/s1. The topological polar surface area (TPSA) is 81.0 Å². The van der Waals surface area contributed by atoms with Gasteiger partial charge in [-0.05, 0) is 31.2 Å². The number of aromatic nitrogens is 4. The average molecular weight is 349 g/mol. The van der Waals surface area contributed by atoms with Crippen LogP contribution in [0.5, 0.6) is 0 Å². The number of aryl methyl sites for hydroxylation is 1. The Labute approximate surface area is 142 Å². The van der Waals surface area contributed by atoms with Crippen LogP contribution in [0.25, 0.3) is 11.4 Å². The number of rotatable bonds is 6. The quantitative estimate of drug-likeness (QED) is 0.791. The molecule has 1 aliphatic rings. The second-order valence-corrected chi connectivity index (χ2v) is 8.30. The SMILES string of the molecule is CCCn1nccc1-c1cncc(C[C@@H]2CCN(S(C)(=O)=O)C2)n1. The van der Waals surface area contributed by atoms with Crippen LogP contribution in [0.4, 0.5) is 0 Å². The molecular formula is C16H23N5O2S. The lowest BCUT2D eigenvalue weighted by atomic mass is 10.0. The molecule has 2 aromatic heterocycles. The number of nitrogens with zero attached hydrogens (tertiary/aromatic N) is 5. The predicted molar refractivity (Wildman–Crippen MR) is 91.8 cm³/mol. The Hall–Kier alpha value is -1.80. The highest BCUT2D eigenvalue weighted by Gasteiger charge is 2.28. The van der Waals surface area contributed by atoms with Gasteiger partial charge in [-0.25, -0.2) is 17.7 Å². The molecule has 1 fully saturated rings. The van der Waals surface area contributed by atoms with Crippen LogP contribution in [0.2, 0.25) is 0 Å². The Morgan fingerprint density at radius 3 is 2.88 bits per heavy atom. The zero-order valence-corrected chi connectivity index (χ0v) is 14.9. The molecule has 0 spiro atoms. The van der Waals surface area contributed by atoms with Crippen molar-refractivity contribution in [2.45, 2.75) is 32.7 Å². The summed E-state index contributed by atoms with van der Waals surface area (Å²) in [7, 11) is -3.10. The minimum absolute atomic E-state index is 0.296. The lowest BCUT2D eigenvalue weighted by Gasteiger charge is -2.13. The van der Waals surface area contributed by atoms with E-state index in [0.717, 1.165) is 42.9 Å². The minimum Gasteiger partial charge on any atom is -0.263 e. The van der Waals surface area contributed by atoms with Crippen LogP contribution in [-0.2, 0) is 23.0 Å². The summed E-state index contributed by atoms with van der Waals surface area (Å²) in [6, 6.07) is 1.95. The van der Waals surface area contributed by atoms with Gasteiger partial charge in [0.15, 0.2) is 0 Å². The minimum atomic E-state index is -3.10. The molecular weight excluding hydrogens is 326 g/mol. The number of hydrogen-bond donors (Lipinski definition) is 0. The Morgan fingerprint density at radius 2 is 2.17 bits per heavy atom. The molecule has 0 amide bonds. The van der Waals surface area contributed by atoms with Crippen LogP contribution in [0.3, 0.4) is 0 Å². The molecule has 0 aromatic carbocycles. The maximum absolute atomic E-state index is 11.6. The Balaban J connectivity index is 1.73. The van der Waals surface area contributed by atoms with E-state index in [0.29, 0.717) is 19.0 Å². The van der Waals surface area contributed by atoms with Gasteiger partial charge >= 0.3 is 0 Å². The number of sulfonamides is 1. The van der Waals surface area contributed by atoms with Gasteiger partial charge < -0.3 is 0 Å². The summed E-state index contributed by atoms with van der Waals surface area (Å²) in [4.78, 5) is 9.03. The lowest BCUT2D eigenvalue weighted by Crippen LogP contribution is -2.27. The summed E-state index contributed by atoms with van der Waals surface area (Å²) in [5.74, 6) is 0.296. The van der Waals surface area contributed by atoms with Crippen LogP contribution < -0.4 is 0 Å². The zero-order valence-electron chi connectivity index (χ0n) is 14.1. The maximum Gasteiger partial charge on any atom is 0.211 e. The van der Waals surface area contributed by atoms with Crippen LogP contribution in [0.15, 0.2) is 24.7 Å². The van der Waals surface area contributed by atoms with Crippen molar-refractivity contribution in [3.8, 4) is 11.4 Å². The van der Waals surface area contributed by atoms with Crippen LogP contribution >= 0.6 is 0 Å². The molecule has 24 heavy (non-hydrogen) atoms. The van der Waals surface area contributed by atoms with Gasteiger partial charge in [-0.2, -0.15) is 5.10 Å². The van der Waals surface area contributed by atoms with Gasteiger partial charge in [0.05, 0.1) is 23.8 Å². The third-order valence-electron chi connectivity index (χ3n) is 4.31. The van der Waals surface area contributed by atoms with Crippen molar-refractivity contribution in [3.63, 3.8) is 0 Å². The maximum atomic E-state index is 11.6. The van der Waals surface area contributed by atoms with Gasteiger partial charge in [-0.1, -0.05) is 6.92 Å². The van der Waals surface area contributed by atoms with Crippen molar-refractivity contribution in [3.05, 3.63) is 30.4 Å². The summed E-state index contributed by atoms with van der Waals surface area (Å²) >= 11 is 0. The van der Waals surface area contributed by atoms with Crippen LogP contribution in [0.1, 0.15) is 25.5 Å². The Kier molecular flexibility index (Phi) is 4.96. The van der Waals surface area contributed by atoms with Gasteiger partial charge in [-0.3, -0.25) is 9.67 Å². The first-order chi connectivity index (χ1) is 11.5. The van der Waals surface area contributed by atoms with E-state index in [1.165, 1.54) is 6.26 Å². The Bertz CT molecular complexity index is 802. The first-order valence-electron chi connectivity index (χ1n) is 8.25. The monoisotopic (exact) mass is 349 g/mol. The summed E-state index contributed by atoms with van der Waals surface area (Å²) in [6.07, 6.45) is 9.19. The van der Waals surface area contributed by atoms with E-state index in [-0.39, 0.29) is 0 Å². The highest BCUT2D eigenvalue weighted by Crippen LogP contribution is 2.23. The van der Waals surface area contributed by atoms with Crippen molar-refractivity contribution >= 4 is 10.0 Å². The molecule has 2 aromatic rings. The van der Waals surface area contributed by atoms with Crippen molar-refractivity contribution in [2.24, 2.45) is 5.92 Å². The molecule has 0 unspecified atom stereocenters. The fourth-order valence-electron chi connectivity index (χ4n) is 3.13. The van der Waals surface area contributed by atoms with Crippen molar-refractivity contribution in [1.29, 1.82) is 0 Å². The van der Waals surface area contributed by atoms with Crippen LogP contribution in [0, 0.1) is 5.92 Å². The van der Waals surface area contributed by atoms with Crippen LogP contribution in [-0.4, -0.2) is 51.8 Å². The highest BCUT2D eigenvalue weighted by molar-refractivity contribution is 7.88. The second-order valence-electron chi connectivity index (χ2n) is 6.32. The van der Waals surface area contributed by atoms with Crippen molar-refractivity contribution < 1.29 is 8.42 Å². The molecule has 3 heterocycles. The largest absolute Gasteiger partial charge is 0.263 e. The molecule has 0 N–H and O–H groups in total. The van der Waals surface area contributed by atoms with Gasteiger partial charge in [-0.15, -0.1) is 0 Å². The summed E-state index contributed by atoms with van der Waals surface area (Å²) in [5.41, 5.74) is 2.68. The second kappa shape index (κ2) is 6.98. The van der Waals surface area contributed by atoms with E-state index in [4.69, 9.17) is 4.98 Å². The highest BCUT2D eigenvalue weighted by atomic mass is 32.2. The first-order valence-corrected chi connectivity index (χ1v) is 10.1. The fourth-order valence-corrected chi connectivity index (χ4v) is 4.05. The van der Waals surface area contributed by atoms with E-state index in [2.05, 4.69) is 17.0 Å². The molecule has 0 radical (unpaired) electrons. The van der Waals surface area contributed by atoms with E-state index in [9.17, 15) is 8.42 Å². The van der Waals surface area contributed by atoms with E-state index >= 15 is 0 Å². The molecule has 7 nitrogen and oxygen atoms in total. The van der Waals surface area contributed by atoms with E-state index in [1.807, 2.05) is 10.7 Å². The summed E-state index contributed by atoms with van der Waals surface area (Å²) in [5, 5.41) is 4.33. The molecule has 0 aliphatic carbocycles. The molecule has 130 valence electrons. The molecule has 1 aliphatic heterocycles.